The maximum Gasteiger partial charge on any atom is 0.307 e. The van der Waals surface area contributed by atoms with E-state index in [1.165, 1.54) is 0 Å². The highest BCUT2D eigenvalue weighted by molar-refractivity contribution is 7.15. The zero-order valence-corrected chi connectivity index (χ0v) is 17.0. The van der Waals surface area contributed by atoms with Gasteiger partial charge in [0.2, 0.25) is 0 Å². The van der Waals surface area contributed by atoms with E-state index < -0.39 is 5.97 Å². The van der Waals surface area contributed by atoms with Crippen molar-refractivity contribution in [2.24, 2.45) is 10.9 Å². The second-order valence-electron chi connectivity index (χ2n) is 6.94. The lowest BCUT2D eigenvalue weighted by molar-refractivity contribution is -0.141. The maximum absolute atomic E-state index is 11.6. The number of carboxylic acid groups (broad SMARTS) is 1. The third kappa shape index (κ3) is 2.96. The molecule has 2 aromatic rings. The zero-order chi connectivity index (χ0) is 19.8. The Kier molecular flexibility index (Phi) is 4.85. The molecular formula is C21H22N4O2S. The second-order valence-corrected chi connectivity index (χ2v) is 8.02. The largest absolute Gasteiger partial charge is 0.481 e. The Bertz CT molecular complexity index is 1070. The van der Waals surface area contributed by atoms with Gasteiger partial charge in [0.05, 0.1) is 11.6 Å². The van der Waals surface area contributed by atoms with Crippen molar-refractivity contribution < 1.29 is 9.90 Å². The molecule has 0 saturated carbocycles. The van der Waals surface area contributed by atoms with Gasteiger partial charge in [0.15, 0.2) is 5.82 Å². The number of allylic oxidation sites excluding steroid dienone is 6. The number of aliphatic carboxylic acids is 1. The SMILES string of the molecule is C\C=C/C=C(\C=C/C)C1=NCc2nnc(C)n2-c2sc3c(c21)CC(C(=O)O)C3. The minimum atomic E-state index is -0.733. The molecule has 1 aliphatic carbocycles. The number of carboxylic acids is 1. The van der Waals surface area contributed by atoms with Crippen molar-refractivity contribution >= 4 is 23.0 Å². The molecule has 144 valence electrons. The van der Waals surface area contributed by atoms with E-state index in [-0.39, 0.29) is 5.92 Å². The molecule has 7 heteroatoms. The number of fused-ring (bicyclic) bond motifs is 5. The highest BCUT2D eigenvalue weighted by atomic mass is 32.1. The van der Waals surface area contributed by atoms with Crippen molar-refractivity contribution in [1.29, 1.82) is 0 Å². The highest BCUT2D eigenvalue weighted by Crippen LogP contribution is 2.43. The summed E-state index contributed by atoms with van der Waals surface area (Å²) in [5.41, 5.74) is 4.07. The molecule has 0 radical (unpaired) electrons. The molecule has 1 N–H and O–H groups in total. The van der Waals surface area contributed by atoms with E-state index in [0.717, 1.165) is 43.9 Å². The van der Waals surface area contributed by atoms with Crippen LogP contribution in [0.3, 0.4) is 0 Å². The number of aryl methyl sites for hydroxylation is 1. The quantitative estimate of drug-likeness (QED) is 0.800. The van der Waals surface area contributed by atoms with Gasteiger partial charge in [-0.15, -0.1) is 21.5 Å². The van der Waals surface area contributed by atoms with Gasteiger partial charge in [0.1, 0.15) is 17.4 Å². The summed E-state index contributed by atoms with van der Waals surface area (Å²) in [4.78, 5) is 17.6. The standard InChI is InChI=1S/C21H22N4O2S/c1-4-6-8-13(7-5-2)19-18-15-9-14(21(26)27)10-16(15)28-20(18)25-12(3)23-24-17(25)11-22-19/h4-8,14H,9-11H2,1-3H3,(H,26,27)/b6-4-,7-5-,13-8+. The summed E-state index contributed by atoms with van der Waals surface area (Å²) in [5, 5.41) is 19.1. The van der Waals surface area contributed by atoms with Crippen LogP contribution in [0.15, 0.2) is 40.9 Å². The number of nitrogens with zero attached hydrogens (tertiary/aromatic N) is 4. The first kappa shape index (κ1) is 18.6. The van der Waals surface area contributed by atoms with Crippen molar-refractivity contribution in [3.63, 3.8) is 0 Å². The number of carbonyl (C=O) groups is 1. The lowest BCUT2D eigenvalue weighted by atomic mass is 9.97. The van der Waals surface area contributed by atoms with Gasteiger partial charge in [-0.25, -0.2) is 0 Å². The lowest BCUT2D eigenvalue weighted by Gasteiger charge is -2.11. The number of thiophene rings is 1. The smallest absolute Gasteiger partial charge is 0.307 e. The van der Waals surface area contributed by atoms with E-state index in [2.05, 4.69) is 26.9 Å². The van der Waals surface area contributed by atoms with Gasteiger partial charge in [-0.05, 0) is 39.2 Å². The van der Waals surface area contributed by atoms with Gasteiger partial charge in [-0.3, -0.25) is 14.4 Å². The van der Waals surface area contributed by atoms with Crippen molar-refractivity contribution in [2.75, 3.05) is 0 Å². The molecule has 4 rings (SSSR count). The average Bonchev–Trinajstić information content (AvgIpc) is 3.30. The van der Waals surface area contributed by atoms with Gasteiger partial charge in [0.25, 0.3) is 0 Å². The highest BCUT2D eigenvalue weighted by Gasteiger charge is 2.36. The number of hydrogen-bond donors (Lipinski definition) is 1. The molecule has 3 heterocycles. The third-order valence-electron chi connectivity index (χ3n) is 5.10. The summed E-state index contributed by atoms with van der Waals surface area (Å²) in [6.45, 7) is 6.35. The van der Waals surface area contributed by atoms with Crippen LogP contribution in [0.2, 0.25) is 0 Å². The van der Waals surface area contributed by atoms with Gasteiger partial charge in [-0.1, -0.05) is 30.4 Å². The van der Waals surface area contributed by atoms with Crippen LogP contribution >= 0.6 is 11.3 Å². The van der Waals surface area contributed by atoms with Crippen LogP contribution in [-0.4, -0.2) is 31.6 Å². The summed E-state index contributed by atoms with van der Waals surface area (Å²) in [6.07, 6.45) is 11.2. The number of aromatic nitrogens is 3. The summed E-state index contributed by atoms with van der Waals surface area (Å²) < 4.78 is 2.08. The Morgan fingerprint density at radius 1 is 1.25 bits per heavy atom. The fourth-order valence-electron chi connectivity index (χ4n) is 3.83. The summed E-state index contributed by atoms with van der Waals surface area (Å²) in [7, 11) is 0. The van der Waals surface area contributed by atoms with Crippen LogP contribution in [0.5, 0.6) is 0 Å². The predicted molar refractivity (Wildman–Crippen MR) is 110 cm³/mol. The number of rotatable bonds is 4. The molecular weight excluding hydrogens is 372 g/mol. The molecule has 0 saturated heterocycles. The van der Waals surface area contributed by atoms with Crippen LogP contribution in [0, 0.1) is 12.8 Å². The first-order valence-corrected chi connectivity index (χ1v) is 10.2. The molecule has 2 aliphatic rings. The molecule has 1 atom stereocenters. The van der Waals surface area contributed by atoms with Gasteiger partial charge in [-0.2, -0.15) is 0 Å². The Balaban J connectivity index is 1.95. The third-order valence-corrected chi connectivity index (χ3v) is 6.34. The maximum atomic E-state index is 11.6. The molecule has 0 fully saturated rings. The van der Waals surface area contributed by atoms with Crippen molar-refractivity contribution in [1.82, 2.24) is 14.8 Å². The van der Waals surface area contributed by atoms with Crippen LogP contribution in [0.1, 0.15) is 41.5 Å². The fourth-order valence-corrected chi connectivity index (χ4v) is 5.30. The Morgan fingerprint density at radius 3 is 2.79 bits per heavy atom. The minimum absolute atomic E-state index is 0.359. The Hall–Kier alpha value is -2.80. The molecule has 0 aromatic carbocycles. The van der Waals surface area contributed by atoms with E-state index >= 15 is 0 Å². The molecule has 0 bridgehead atoms. The molecule has 6 nitrogen and oxygen atoms in total. The van der Waals surface area contributed by atoms with Crippen LogP contribution in [-0.2, 0) is 24.2 Å². The average molecular weight is 395 g/mol. The normalized spacial score (nSPS) is 18.9. The van der Waals surface area contributed by atoms with E-state index in [9.17, 15) is 9.90 Å². The molecule has 1 unspecified atom stereocenters. The second kappa shape index (κ2) is 7.31. The Labute approximate surface area is 167 Å². The Morgan fingerprint density at radius 2 is 2.07 bits per heavy atom. The van der Waals surface area contributed by atoms with Crippen molar-refractivity contribution in [3.8, 4) is 5.00 Å². The number of aliphatic imine (C=N–C) groups is 1. The minimum Gasteiger partial charge on any atom is -0.481 e. The lowest BCUT2D eigenvalue weighted by Crippen LogP contribution is -2.15. The van der Waals surface area contributed by atoms with E-state index in [1.54, 1.807) is 11.3 Å². The molecule has 28 heavy (non-hydrogen) atoms. The summed E-state index contributed by atoms with van der Waals surface area (Å²) in [6, 6.07) is 0. The zero-order valence-electron chi connectivity index (χ0n) is 16.1. The molecule has 0 spiro atoms. The van der Waals surface area contributed by atoms with E-state index in [1.807, 2.05) is 39.0 Å². The van der Waals surface area contributed by atoms with Gasteiger partial charge < -0.3 is 5.11 Å². The molecule has 0 amide bonds. The van der Waals surface area contributed by atoms with E-state index in [4.69, 9.17) is 4.99 Å². The van der Waals surface area contributed by atoms with Crippen LogP contribution < -0.4 is 0 Å². The first-order valence-electron chi connectivity index (χ1n) is 9.34. The predicted octanol–water partition coefficient (Wildman–Crippen LogP) is 3.82. The van der Waals surface area contributed by atoms with Crippen molar-refractivity contribution in [3.05, 3.63) is 63.6 Å². The first-order chi connectivity index (χ1) is 13.5. The number of hydrogen-bond acceptors (Lipinski definition) is 5. The van der Waals surface area contributed by atoms with Gasteiger partial charge >= 0.3 is 5.97 Å². The monoisotopic (exact) mass is 394 g/mol. The molecule has 2 aromatic heterocycles. The van der Waals surface area contributed by atoms with Crippen LogP contribution in [0.4, 0.5) is 0 Å². The topological polar surface area (TPSA) is 80.4 Å². The van der Waals surface area contributed by atoms with Crippen LogP contribution in [0.25, 0.3) is 5.00 Å². The fraction of sp³-hybridized carbons (Fsp3) is 0.333. The summed E-state index contributed by atoms with van der Waals surface area (Å²) >= 11 is 1.65. The van der Waals surface area contributed by atoms with Crippen molar-refractivity contribution in [2.45, 2.75) is 40.2 Å². The summed E-state index contributed by atoms with van der Waals surface area (Å²) in [5.74, 6) is 0.549. The van der Waals surface area contributed by atoms with Gasteiger partial charge in [0, 0.05) is 16.0 Å². The van der Waals surface area contributed by atoms with E-state index in [0.29, 0.717) is 19.4 Å². The molecule has 1 aliphatic heterocycles.